The molecule has 0 aromatic rings. The first kappa shape index (κ1) is 13.8. The molecule has 0 aliphatic heterocycles. The quantitative estimate of drug-likeness (QED) is 0.482. The van der Waals surface area contributed by atoms with E-state index in [2.05, 4.69) is 0 Å². The Balaban J connectivity index is 3.32. The van der Waals surface area contributed by atoms with Crippen molar-refractivity contribution in [3.05, 3.63) is 0 Å². The summed E-state index contributed by atoms with van der Waals surface area (Å²) in [6, 6.07) is 0. The molecule has 0 aliphatic rings. The lowest BCUT2D eigenvalue weighted by Gasteiger charge is -2.04. The van der Waals surface area contributed by atoms with Gasteiger partial charge in [-0.2, -0.15) is 13.2 Å². The zero-order valence-corrected chi connectivity index (χ0v) is 8.63. The van der Waals surface area contributed by atoms with Gasteiger partial charge in [-0.1, -0.05) is 0 Å². The molecule has 0 unspecified atom stereocenters. The van der Waals surface area contributed by atoms with Gasteiger partial charge in [0.15, 0.2) is 0 Å². The highest BCUT2D eigenvalue weighted by atomic mass is 35.5. The fraction of sp³-hybridized carbons (Fsp3) is 0.889. The third kappa shape index (κ3) is 9.84. The molecule has 0 saturated carbocycles. The third-order valence-electron chi connectivity index (χ3n) is 1.76. The van der Waals surface area contributed by atoms with Gasteiger partial charge >= 0.3 is 6.18 Å². The minimum Gasteiger partial charge on any atom is -0.300 e. The van der Waals surface area contributed by atoms with E-state index in [1.165, 1.54) is 0 Å². The van der Waals surface area contributed by atoms with Crippen LogP contribution in [0.1, 0.15) is 38.5 Å². The molecule has 0 fully saturated rings. The number of unbranched alkanes of at least 4 members (excludes halogenated alkanes) is 1. The van der Waals surface area contributed by atoms with Crippen LogP contribution in [0.25, 0.3) is 0 Å². The molecule has 0 aromatic heterocycles. The van der Waals surface area contributed by atoms with Gasteiger partial charge in [0.25, 0.3) is 0 Å². The second-order valence-corrected chi connectivity index (χ2v) is 3.53. The third-order valence-corrected chi connectivity index (χ3v) is 2.02. The lowest BCUT2D eigenvalue weighted by molar-refractivity contribution is -0.136. The van der Waals surface area contributed by atoms with Crippen molar-refractivity contribution in [3.63, 3.8) is 0 Å². The maximum Gasteiger partial charge on any atom is 0.389 e. The van der Waals surface area contributed by atoms with Crippen LogP contribution in [0.3, 0.4) is 0 Å². The van der Waals surface area contributed by atoms with Crippen LogP contribution in [0.4, 0.5) is 13.2 Å². The van der Waals surface area contributed by atoms with Crippen molar-refractivity contribution >= 4 is 17.4 Å². The normalized spacial score (nSPS) is 11.7. The molecule has 0 bridgehead atoms. The second-order valence-electron chi connectivity index (χ2n) is 3.15. The smallest absolute Gasteiger partial charge is 0.300 e. The molecule has 0 rings (SSSR count). The number of rotatable bonds is 7. The van der Waals surface area contributed by atoms with E-state index < -0.39 is 12.6 Å². The predicted molar refractivity (Wildman–Crippen MR) is 49.5 cm³/mol. The number of hydrogen-bond donors (Lipinski definition) is 0. The van der Waals surface area contributed by atoms with E-state index in [0.717, 1.165) is 0 Å². The molecule has 0 amide bonds. The SMILES string of the molecule is O=C(CCCCl)CCCCC(F)(F)F. The van der Waals surface area contributed by atoms with Gasteiger partial charge in [-0.15, -0.1) is 11.6 Å². The second kappa shape index (κ2) is 7.10. The van der Waals surface area contributed by atoms with E-state index in [1.54, 1.807) is 0 Å². The molecule has 0 spiro atoms. The first-order chi connectivity index (χ1) is 6.45. The zero-order chi connectivity index (χ0) is 11.0. The van der Waals surface area contributed by atoms with Crippen molar-refractivity contribution in [1.82, 2.24) is 0 Å². The van der Waals surface area contributed by atoms with Crippen molar-refractivity contribution in [3.8, 4) is 0 Å². The fourth-order valence-corrected chi connectivity index (χ4v) is 1.17. The average Bonchev–Trinajstić information content (AvgIpc) is 2.07. The molecular formula is C9H14ClF3O. The topological polar surface area (TPSA) is 17.1 Å². The highest BCUT2D eigenvalue weighted by Crippen LogP contribution is 2.22. The molecule has 5 heteroatoms. The van der Waals surface area contributed by atoms with Crippen molar-refractivity contribution < 1.29 is 18.0 Å². The Morgan fingerprint density at radius 2 is 1.64 bits per heavy atom. The van der Waals surface area contributed by atoms with Gasteiger partial charge < -0.3 is 0 Å². The zero-order valence-electron chi connectivity index (χ0n) is 7.87. The van der Waals surface area contributed by atoms with Gasteiger partial charge in [0.1, 0.15) is 5.78 Å². The molecular weight excluding hydrogens is 217 g/mol. The number of Topliss-reactive ketones (excluding diaryl/α,β-unsaturated/α-hetero) is 1. The lowest BCUT2D eigenvalue weighted by atomic mass is 10.1. The molecule has 84 valence electrons. The molecule has 0 aliphatic carbocycles. The fourth-order valence-electron chi connectivity index (χ4n) is 1.04. The number of carbonyl (C=O) groups is 1. The molecule has 0 atom stereocenters. The summed E-state index contributed by atoms with van der Waals surface area (Å²) in [7, 11) is 0. The Bertz CT molecular complexity index is 168. The molecule has 0 heterocycles. The Labute approximate surface area is 86.6 Å². The maximum absolute atomic E-state index is 11.7. The van der Waals surface area contributed by atoms with Crippen LogP contribution in [0.2, 0.25) is 0 Å². The summed E-state index contributed by atoms with van der Waals surface area (Å²) in [5.41, 5.74) is 0. The van der Waals surface area contributed by atoms with Gasteiger partial charge in [0.2, 0.25) is 0 Å². The number of carbonyl (C=O) groups excluding carboxylic acids is 1. The highest BCUT2D eigenvalue weighted by molar-refractivity contribution is 6.17. The molecule has 0 N–H and O–H groups in total. The van der Waals surface area contributed by atoms with Crippen LogP contribution >= 0.6 is 11.6 Å². The highest BCUT2D eigenvalue weighted by Gasteiger charge is 2.25. The summed E-state index contributed by atoms with van der Waals surface area (Å²) in [6.07, 6.45) is -3.30. The van der Waals surface area contributed by atoms with Gasteiger partial charge in [-0.25, -0.2) is 0 Å². The van der Waals surface area contributed by atoms with Crippen LogP contribution in [-0.2, 0) is 4.79 Å². The van der Waals surface area contributed by atoms with Gasteiger partial charge in [0.05, 0.1) is 0 Å². The minimum absolute atomic E-state index is 0.00724. The van der Waals surface area contributed by atoms with Crippen molar-refractivity contribution in [1.29, 1.82) is 0 Å². The first-order valence-corrected chi connectivity index (χ1v) is 5.13. The largest absolute Gasteiger partial charge is 0.389 e. The summed E-state index contributed by atoms with van der Waals surface area (Å²) >= 11 is 5.37. The van der Waals surface area contributed by atoms with Crippen LogP contribution in [0.15, 0.2) is 0 Å². The Kier molecular flexibility index (Phi) is 6.97. The molecule has 0 aromatic carbocycles. The van der Waals surface area contributed by atoms with Crippen LogP contribution in [0, 0.1) is 0 Å². The van der Waals surface area contributed by atoms with E-state index in [-0.39, 0.29) is 18.6 Å². The van der Waals surface area contributed by atoms with Crippen LogP contribution < -0.4 is 0 Å². The van der Waals surface area contributed by atoms with E-state index in [1.807, 2.05) is 0 Å². The number of hydrogen-bond acceptors (Lipinski definition) is 1. The predicted octanol–water partition coefficient (Wildman–Crippen LogP) is 3.70. The number of halogens is 4. The van der Waals surface area contributed by atoms with Crippen molar-refractivity contribution in [2.75, 3.05) is 5.88 Å². The molecule has 1 nitrogen and oxygen atoms in total. The maximum atomic E-state index is 11.7. The summed E-state index contributed by atoms with van der Waals surface area (Å²) in [5.74, 6) is 0.432. The van der Waals surface area contributed by atoms with Gasteiger partial charge in [-0.3, -0.25) is 4.79 Å². The van der Waals surface area contributed by atoms with Crippen molar-refractivity contribution in [2.24, 2.45) is 0 Å². The monoisotopic (exact) mass is 230 g/mol. The average molecular weight is 231 g/mol. The van der Waals surface area contributed by atoms with Crippen molar-refractivity contribution in [2.45, 2.75) is 44.7 Å². The number of alkyl halides is 4. The van der Waals surface area contributed by atoms with Gasteiger partial charge in [0, 0.05) is 25.1 Å². The summed E-state index contributed by atoms with van der Waals surface area (Å²) in [5, 5.41) is 0. The summed E-state index contributed by atoms with van der Waals surface area (Å²) < 4.78 is 35.0. The Morgan fingerprint density at radius 3 is 2.14 bits per heavy atom. The number of ketones is 1. The summed E-state index contributed by atoms with van der Waals surface area (Å²) in [6.45, 7) is 0. The van der Waals surface area contributed by atoms with E-state index in [9.17, 15) is 18.0 Å². The van der Waals surface area contributed by atoms with Gasteiger partial charge in [-0.05, 0) is 19.3 Å². The molecule has 0 saturated heterocycles. The molecule has 14 heavy (non-hydrogen) atoms. The summed E-state index contributed by atoms with van der Waals surface area (Å²) in [4.78, 5) is 11.0. The Morgan fingerprint density at radius 1 is 1.07 bits per heavy atom. The molecule has 0 radical (unpaired) electrons. The van der Waals surface area contributed by atoms with E-state index in [4.69, 9.17) is 11.6 Å². The van der Waals surface area contributed by atoms with Crippen LogP contribution in [-0.4, -0.2) is 17.8 Å². The standard InChI is InChI=1S/C9H14ClF3O/c10-7-3-5-8(14)4-1-2-6-9(11,12)13/h1-7H2. The Hall–Kier alpha value is -0.250. The van der Waals surface area contributed by atoms with E-state index in [0.29, 0.717) is 25.1 Å². The lowest BCUT2D eigenvalue weighted by Crippen LogP contribution is -2.07. The van der Waals surface area contributed by atoms with E-state index >= 15 is 0 Å². The van der Waals surface area contributed by atoms with Crippen LogP contribution in [0.5, 0.6) is 0 Å². The first-order valence-electron chi connectivity index (χ1n) is 4.60. The minimum atomic E-state index is -4.10.